The zero-order chi connectivity index (χ0) is 25.2. The van der Waals surface area contributed by atoms with E-state index in [0.29, 0.717) is 29.2 Å². The highest BCUT2D eigenvalue weighted by molar-refractivity contribution is 6.31. The minimum absolute atomic E-state index is 0.0628. The average molecular weight is 495 g/mol. The smallest absolute Gasteiger partial charge is 0.273 e. The van der Waals surface area contributed by atoms with E-state index in [0.717, 1.165) is 12.1 Å². The monoisotopic (exact) mass is 494 g/mol. The molecule has 0 fully saturated rings. The van der Waals surface area contributed by atoms with Gasteiger partial charge in [-0.25, -0.2) is 5.43 Å². The van der Waals surface area contributed by atoms with Gasteiger partial charge in [-0.1, -0.05) is 42.8 Å². The molecule has 0 heterocycles. The molecule has 0 aliphatic rings. The Hall–Kier alpha value is -3.72. The van der Waals surface area contributed by atoms with Gasteiger partial charge in [0.15, 0.2) is 0 Å². The number of aliphatic hydroxyl groups is 1. The summed E-state index contributed by atoms with van der Waals surface area (Å²) in [6, 6.07) is 18.2. The molecule has 0 bridgehead atoms. The number of anilines is 1. The number of carbonyl (C=O) groups is 2. The number of halogens is 1. The topological polar surface area (TPSA) is 114 Å². The molecule has 0 saturated heterocycles. The molecule has 8 nitrogen and oxygen atoms in total. The first-order valence-electron chi connectivity index (χ1n) is 11.0. The van der Waals surface area contributed by atoms with Gasteiger partial charge in [0.2, 0.25) is 0 Å². The first-order valence-corrected chi connectivity index (χ1v) is 11.4. The van der Waals surface area contributed by atoms with Crippen LogP contribution in [0.4, 0.5) is 5.69 Å². The van der Waals surface area contributed by atoms with Gasteiger partial charge in [0.1, 0.15) is 5.75 Å². The summed E-state index contributed by atoms with van der Waals surface area (Å²) in [5.74, 6) is -0.854. The molecule has 0 saturated carbocycles. The van der Waals surface area contributed by atoms with Crippen LogP contribution < -0.4 is 10.7 Å². The number of hydrogen-bond acceptors (Lipinski definition) is 6. The van der Waals surface area contributed by atoms with Gasteiger partial charge in [0.25, 0.3) is 11.8 Å². The lowest BCUT2D eigenvalue weighted by Crippen LogP contribution is -2.26. The van der Waals surface area contributed by atoms with Crippen LogP contribution in [-0.2, 0) is 6.54 Å². The number of amides is 2. The van der Waals surface area contributed by atoms with Gasteiger partial charge in [-0.05, 0) is 60.1 Å². The van der Waals surface area contributed by atoms with Crippen LogP contribution in [0.25, 0.3) is 0 Å². The number of nitrogens with one attached hydrogen (secondary N) is 2. The van der Waals surface area contributed by atoms with Crippen molar-refractivity contribution in [2.75, 3.05) is 25.0 Å². The molecule has 0 aromatic heterocycles. The van der Waals surface area contributed by atoms with E-state index in [1.165, 1.54) is 24.4 Å². The van der Waals surface area contributed by atoms with Crippen molar-refractivity contribution >= 4 is 35.3 Å². The Morgan fingerprint density at radius 3 is 2.60 bits per heavy atom. The number of aliphatic hydroxyl groups excluding tert-OH is 1. The van der Waals surface area contributed by atoms with Crippen LogP contribution in [0.2, 0.25) is 5.02 Å². The summed E-state index contributed by atoms with van der Waals surface area (Å²) in [6.45, 7) is 3.99. The Morgan fingerprint density at radius 2 is 1.86 bits per heavy atom. The van der Waals surface area contributed by atoms with Gasteiger partial charge in [-0.2, -0.15) is 5.10 Å². The van der Waals surface area contributed by atoms with Crippen LogP contribution in [-0.4, -0.2) is 52.8 Å². The second-order valence-corrected chi connectivity index (χ2v) is 8.17. The second-order valence-electron chi connectivity index (χ2n) is 7.73. The highest BCUT2D eigenvalue weighted by atomic mass is 35.5. The lowest BCUT2D eigenvalue weighted by atomic mass is 10.1. The lowest BCUT2D eigenvalue weighted by Gasteiger charge is -2.19. The summed E-state index contributed by atoms with van der Waals surface area (Å²) < 4.78 is 0. The van der Waals surface area contributed by atoms with Crippen molar-refractivity contribution in [3.63, 3.8) is 0 Å². The number of nitrogens with zero attached hydrogens (tertiary/aromatic N) is 2. The Morgan fingerprint density at radius 1 is 1.06 bits per heavy atom. The highest BCUT2D eigenvalue weighted by Gasteiger charge is 2.16. The summed E-state index contributed by atoms with van der Waals surface area (Å²) in [5.41, 5.74) is 4.81. The molecule has 9 heteroatoms. The van der Waals surface area contributed by atoms with Crippen LogP contribution in [0.15, 0.2) is 71.8 Å². The number of hydrazone groups is 1. The molecule has 3 aromatic rings. The van der Waals surface area contributed by atoms with Crippen molar-refractivity contribution in [3.05, 3.63) is 94.0 Å². The molecule has 2 amide bonds. The van der Waals surface area contributed by atoms with Crippen molar-refractivity contribution in [2.24, 2.45) is 5.10 Å². The van der Waals surface area contributed by atoms with Gasteiger partial charge >= 0.3 is 0 Å². The first kappa shape index (κ1) is 25.9. The highest BCUT2D eigenvalue weighted by Crippen LogP contribution is 2.22. The average Bonchev–Trinajstić information content (AvgIpc) is 2.85. The van der Waals surface area contributed by atoms with Gasteiger partial charge < -0.3 is 15.5 Å². The quantitative estimate of drug-likeness (QED) is 0.252. The van der Waals surface area contributed by atoms with E-state index in [-0.39, 0.29) is 29.5 Å². The molecular formula is C26H27ClN4O4. The van der Waals surface area contributed by atoms with Crippen molar-refractivity contribution in [1.29, 1.82) is 0 Å². The number of benzene rings is 3. The number of carbonyl (C=O) groups excluding carboxylic acids is 2. The number of aromatic hydroxyl groups is 1. The largest absolute Gasteiger partial charge is 0.508 e. The van der Waals surface area contributed by atoms with Crippen LogP contribution in [0.5, 0.6) is 5.75 Å². The minimum Gasteiger partial charge on any atom is -0.508 e. The molecule has 0 unspecified atom stereocenters. The van der Waals surface area contributed by atoms with Crippen molar-refractivity contribution < 1.29 is 19.8 Å². The van der Waals surface area contributed by atoms with E-state index >= 15 is 0 Å². The summed E-state index contributed by atoms with van der Waals surface area (Å²) in [7, 11) is 0. The standard InChI is InChI=1S/C26H27ClN4O4/c1-2-31(11-12-32)17-19-6-3-7-20(13-19)25(34)29-24-10-9-21(27)15-23(24)26(35)30-28-16-18-5-4-8-22(33)14-18/h3-10,13-16,32-33H,2,11-12,17H2,1H3,(H,29,34)(H,30,35). The predicted octanol–water partition coefficient (Wildman–Crippen LogP) is 3.88. The number of hydrogen-bond donors (Lipinski definition) is 4. The maximum atomic E-state index is 13.0. The predicted molar refractivity (Wildman–Crippen MR) is 137 cm³/mol. The van der Waals surface area contributed by atoms with Crippen LogP contribution in [0.3, 0.4) is 0 Å². The Balaban J connectivity index is 1.73. The van der Waals surface area contributed by atoms with Gasteiger partial charge in [-0.3, -0.25) is 14.5 Å². The Labute approximate surface area is 208 Å². The minimum atomic E-state index is -0.560. The Bertz CT molecular complexity index is 1220. The zero-order valence-electron chi connectivity index (χ0n) is 19.2. The lowest BCUT2D eigenvalue weighted by molar-refractivity contribution is 0.0956. The molecule has 3 aromatic carbocycles. The number of phenolic OH excluding ortho intramolecular Hbond substituents is 1. The third-order valence-electron chi connectivity index (χ3n) is 5.18. The van der Waals surface area contributed by atoms with Gasteiger partial charge in [0, 0.05) is 23.7 Å². The van der Waals surface area contributed by atoms with Crippen molar-refractivity contribution in [1.82, 2.24) is 10.3 Å². The van der Waals surface area contributed by atoms with E-state index in [2.05, 4.69) is 20.7 Å². The Kier molecular flexibility index (Phi) is 9.37. The van der Waals surface area contributed by atoms with E-state index in [9.17, 15) is 19.8 Å². The van der Waals surface area contributed by atoms with Gasteiger partial charge in [-0.15, -0.1) is 0 Å². The zero-order valence-corrected chi connectivity index (χ0v) is 20.0. The van der Waals surface area contributed by atoms with Gasteiger partial charge in [0.05, 0.1) is 24.1 Å². The SMILES string of the molecule is CCN(CCO)Cc1cccc(C(=O)Nc2ccc(Cl)cc2C(=O)NN=Cc2cccc(O)c2)c1. The normalized spacial score (nSPS) is 11.1. The molecular weight excluding hydrogens is 468 g/mol. The fourth-order valence-corrected chi connectivity index (χ4v) is 3.57. The summed E-state index contributed by atoms with van der Waals surface area (Å²) in [6.07, 6.45) is 1.39. The third kappa shape index (κ3) is 7.65. The molecule has 0 aliphatic heterocycles. The maximum absolute atomic E-state index is 13.0. The summed E-state index contributed by atoms with van der Waals surface area (Å²) in [4.78, 5) is 27.8. The third-order valence-corrected chi connectivity index (χ3v) is 5.42. The molecule has 0 aliphatic carbocycles. The molecule has 0 atom stereocenters. The van der Waals surface area contributed by atoms with E-state index in [4.69, 9.17) is 11.6 Å². The van der Waals surface area contributed by atoms with E-state index in [1.54, 1.807) is 42.5 Å². The fraction of sp³-hybridized carbons (Fsp3) is 0.192. The number of phenols is 1. The van der Waals surface area contributed by atoms with Crippen LogP contribution in [0.1, 0.15) is 38.8 Å². The van der Waals surface area contributed by atoms with Crippen molar-refractivity contribution in [3.8, 4) is 5.75 Å². The van der Waals surface area contributed by atoms with Crippen LogP contribution in [0, 0.1) is 0 Å². The van der Waals surface area contributed by atoms with Crippen LogP contribution >= 0.6 is 11.6 Å². The number of rotatable bonds is 10. The molecule has 0 radical (unpaired) electrons. The maximum Gasteiger partial charge on any atom is 0.273 e. The molecule has 0 spiro atoms. The molecule has 35 heavy (non-hydrogen) atoms. The summed E-state index contributed by atoms with van der Waals surface area (Å²) >= 11 is 6.09. The molecule has 182 valence electrons. The summed E-state index contributed by atoms with van der Waals surface area (Å²) in [5, 5.41) is 25.7. The second kappa shape index (κ2) is 12.7. The fourth-order valence-electron chi connectivity index (χ4n) is 3.40. The van der Waals surface area contributed by atoms with Crippen molar-refractivity contribution in [2.45, 2.75) is 13.5 Å². The van der Waals surface area contributed by atoms with E-state index < -0.39 is 5.91 Å². The number of likely N-dealkylation sites (N-methyl/N-ethyl adjacent to an activating group) is 1. The molecule has 4 N–H and O–H groups in total. The van der Waals surface area contributed by atoms with E-state index in [1.807, 2.05) is 13.0 Å². The first-order chi connectivity index (χ1) is 16.9. The molecule has 3 rings (SSSR count).